The number of benzene rings is 1. The second kappa shape index (κ2) is 9.45. The van der Waals surface area contributed by atoms with Crippen LogP contribution in [-0.2, 0) is 11.2 Å². The van der Waals surface area contributed by atoms with E-state index in [9.17, 15) is 10.1 Å². The van der Waals surface area contributed by atoms with Crippen molar-refractivity contribution in [3.05, 3.63) is 46.6 Å². The molecule has 0 unspecified atom stereocenters. The normalized spacial score (nSPS) is 16.3. The maximum atomic E-state index is 12.5. The molecule has 1 fully saturated rings. The fourth-order valence-electron chi connectivity index (χ4n) is 2.92. The molecule has 1 N–H and O–H groups in total. The first-order chi connectivity index (χ1) is 12.0. The predicted molar refractivity (Wildman–Crippen MR) is 100 cm³/mol. The van der Waals surface area contributed by atoms with Crippen molar-refractivity contribution in [3.8, 4) is 6.07 Å². The molecule has 1 aliphatic rings. The van der Waals surface area contributed by atoms with Crippen LogP contribution in [0.5, 0.6) is 0 Å². The highest BCUT2D eigenvalue weighted by atomic mass is 35.5. The SMILES string of the molecule is CN1CCC(N(C)C(=O)/C(C#N)=C\NCCc2ccc(Cl)cc2)CC1. The minimum atomic E-state index is -0.212. The zero-order valence-electron chi connectivity index (χ0n) is 14.8. The lowest BCUT2D eigenvalue weighted by molar-refractivity contribution is -0.128. The third kappa shape index (κ3) is 5.77. The Morgan fingerprint density at radius 3 is 2.64 bits per heavy atom. The standard InChI is InChI=1S/C19H25ClN4O/c1-23-11-8-18(9-12-23)24(2)19(25)16(13-21)14-22-10-7-15-3-5-17(20)6-4-15/h3-6,14,18,22H,7-12H2,1-2H3/b16-14-. The summed E-state index contributed by atoms with van der Waals surface area (Å²) in [6.07, 6.45) is 4.22. The first-order valence-electron chi connectivity index (χ1n) is 8.55. The van der Waals surface area contributed by atoms with Crippen LogP contribution in [0.15, 0.2) is 36.0 Å². The number of rotatable bonds is 6. The second-order valence-electron chi connectivity index (χ2n) is 6.45. The third-order valence-corrected chi connectivity index (χ3v) is 4.88. The molecule has 0 aliphatic carbocycles. The summed E-state index contributed by atoms with van der Waals surface area (Å²) >= 11 is 5.86. The Labute approximate surface area is 154 Å². The monoisotopic (exact) mass is 360 g/mol. The van der Waals surface area contributed by atoms with Gasteiger partial charge in [0.05, 0.1) is 0 Å². The Balaban J connectivity index is 1.85. The van der Waals surface area contributed by atoms with Gasteiger partial charge < -0.3 is 15.1 Å². The fraction of sp³-hybridized carbons (Fsp3) is 0.474. The van der Waals surface area contributed by atoms with E-state index in [-0.39, 0.29) is 17.5 Å². The molecule has 1 saturated heterocycles. The molecule has 1 aromatic rings. The van der Waals surface area contributed by atoms with Crippen LogP contribution >= 0.6 is 11.6 Å². The summed E-state index contributed by atoms with van der Waals surface area (Å²) in [7, 11) is 3.88. The molecule has 6 heteroatoms. The third-order valence-electron chi connectivity index (χ3n) is 4.62. The lowest BCUT2D eigenvalue weighted by Crippen LogP contribution is -2.45. The van der Waals surface area contributed by atoms with Gasteiger partial charge in [-0.05, 0) is 57.1 Å². The number of carbonyl (C=O) groups excluding carboxylic acids is 1. The minimum absolute atomic E-state index is 0.150. The largest absolute Gasteiger partial charge is 0.389 e. The second-order valence-corrected chi connectivity index (χ2v) is 6.89. The Morgan fingerprint density at radius 1 is 1.40 bits per heavy atom. The molecule has 5 nitrogen and oxygen atoms in total. The molecule has 1 aliphatic heterocycles. The van der Waals surface area contributed by atoms with Gasteiger partial charge in [0, 0.05) is 30.9 Å². The van der Waals surface area contributed by atoms with Crippen LogP contribution in [0.1, 0.15) is 18.4 Å². The van der Waals surface area contributed by atoms with Crippen LogP contribution in [-0.4, -0.2) is 55.5 Å². The topological polar surface area (TPSA) is 59.4 Å². The number of hydrogen-bond donors (Lipinski definition) is 1. The van der Waals surface area contributed by atoms with Gasteiger partial charge in [0.2, 0.25) is 0 Å². The van der Waals surface area contributed by atoms with Gasteiger partial charge in [-0.15, -0.1) is 0 Å². The number of hydrogen-bond acceptors (Lipinski definition) is 4. The number of halogens is 1. The molecule has 0 atom stereocenters. The number of carbonyl (C=O) groups is 1. The zero-order chi connectivity index (χ0) is 18.2. The number of nitriles is 1. The van der Waals surface area contributed by atoms with Crippen molar-refractivity contribution >= 4 is 17.5 Å². The quantitative estimate of drug-likeness (QED) is 0.481. The molecule has 0 radical (unpaired) electrons. The lowest BCUT2D eigenvalue weighted by Gasteiger charge is -2.34. The molecule has 2 rings (SSSR count). The van der Waals surface area contributed by atoms with Crippen LogP contribution < -0.4 is 5.32 Å². The van der Waals surface area contributed by atoms with E-state index in [0.29, 0.717) is 11.6 Å². The summed E-state index contributed by atoms with van der Waals surface area (Å²) in [5.41, 5.74) is 1.30. The Morgan fingerprint density at radius 2 is 2.04 bits per heavy atom. The van der Waals surface area contributed by atoms with E-state index < -0.39 is 0 Å². The number of likely N-dealkylation sites (N-methyl/N-ethyl adjacent to an activating group) is 1. The van der Waals surface area contributed by atoms with Crippen LogP contribution in [0.4, 0.5) is 0 Å². The average molecular weight is 361 g/mol. The van der Waals surface area contributed by atoms with Gasteiger partial charge >= 0.3 is 0 Å². The molecule has 0 aromatic heterocycles. The first kappa shape index (κ1) is 19.3. The zero-order valence-corrected chi connectivity index (χ0v) is 15.6. The van der Waals surface area contributed by atoms with Crippen LogP contribution in [0.2, 0.25) is 5.02 Å². The van der Waals surface area contributed by atoms with Gasteiger partial charge in [0.1, 0.15) is 11.6 Å². The highest BCUT2D eigenvalue weighted by molar-refractivity contribution is 6.30. The lowest BCUT2D eigenvalue weighted by atomic mass is 10.0. The summed E-state index contributed by atoms with van der Waals surface area (Å²) in [6.45, 7) is 2.61. The Hall–Kier alpha value is -2.03. The van der Waals surface area contributed by atoms with Gasteiger partial charge in [-0.3, -0.25) is 4.79 Å². The molecular formula is C19H25ClN4O. The number of nitrogens with one attached hydrogen (secondary N) is 1. The van der Waals surface area contributed by atoms with Crippen LogP contribution in [0.3, 0.4) is 0 Å². The van der Waals surface area contributed by atoms with Crippen LogP contribution in [0, 0.1) is 11.3 Å². The highest BCUT2D eigenvalue weighted by Gasteiger charge is 2.25. The molecule has 0 spiro atoms. The van der Waals surface area contributed by atoms with E-state index in [4.69, 9.17) is 11.6 Å². The van der Waals surface area contributed by atoms with Crippen molar-refractivity contribution < 1.29 is 4.79 Å². The van der Waals surface area contributed by atoms with E-state index in [1.807, 2.05) is 30.3 Å². The van der Waals surface area contributed by atoms with E-state index in [1.165, 1.54) is 6.20 Å². The molecule has 0 saturated carbocycles. The van der Waals surface area contributed by atoms with E-state index >= 15 is 0 Å². The van der Waals surface area contributed by atoms with Crippen molar-refractivity contribution in [2.45, 2.75) is 25.3 Å². The number of piperidine rings is 1. The number of amides is 1. The summed E-state index contributed by atoms with van der Waals surface area (Å²) in [6, 6.07) is 9.87. The maximum Gasteiger partial charge on any atom is 0.265 e. The summed E-state index contributed by atoms with van der Waals surface area (Å²) < 4.78 is 0. The molecule has 25 heavy (non-hydrogen) atoms. The molecule has 1 aromatic carbocycles. The van der Waals surface area contributed by atoms with Crippen molar-refractivity contribution in [1.29, 1.82) is 5.26 Å². The van der Waals surface area contributed by atoms with Gasteiger partial charge in [-0.1, -0.05) is 23.7 Å². The molecule has 0 bridgehead atoms. The first-order valence-corrected chi connectivity index (χ1v) is 8.93. The minimum Gasteiger partial charge on any atom is -0.389 e. The van der Waals surface area contributed by atoms with E-state index in [0.717, 1.165) is 37.9 Å². The maximum absolute atomic E-state index is 12.5. The predicted octanol–water partition coefficient (Wildman–Crippen LogP) is 2.43. The van der Waals surface area contributed by atoms with Crippen molar-refractivity contribution in [2.24, 2.45) is 0 Å². The van der Waals surface area contributed by atoms with Gasteiger partial charge in [0.25, 0.3) is 5.91 Å². The fourth-order valence-corrected chi connectivity index (χ4v) is 3.05. The average Bonchev–Trinajstić information content (AvgIpc) is 2.63. The van der Waals surface area contributed by atoms with Gasteiger partial charge in [0.15, 0.2) is 0 Å². The van der Waals surface area contributed by atoms with Crippen molar-refractivity contribution in [1.82, 2.24) is 15.1 Å². The van der Waals surface area contributed by atoms with E-state index in [2.05, 4.69) is 17.3 Å². The van der Waals surface area contributed by atoms with Crippen LogP contribution in [0.25, 0.3) is 0 Å². The Kier molecular flexibility index (Phi) is 7.30. The Bertz CT molecular complexity index is 642. The smallest absolute Gasteiger partial charge is 0.265 e. The summed E-state index contributed by atoms with van der Waals surface area (Å²) in [4.78, 5) is 16.5. The summed E-state index contributed by atoms with van der Waals surface area (Å²) in [5.74, 6) is -0.212. The highest BCUT2D eigenvalue weighted by Crippen LogP contribution is 2.16. The van der Waals surface area contributed by atoms with Crippen molar-refractivity contribution in [2.75, 3.05) is 33.7 Å². The molecule has 1 heterocycles. The van der Waals surface area contributed by atoms with E-state index in [1.54, 1.807) is 11.9 Å². The van der Waals surface area contributed by atoms with Gasteiger partial charge in [-0.25, -0.2) is 0 Å². The number of likely N-dealkylation sites (tertiary alicyclic amines) is 1. The number of nitrogens with zero attached hydrogens (tertiary/aromatic N) is 3. The van der Waals surface area contributed by atoms with Crippen molar-refractivity contribution in [3.63, 3.8) is 0 Å². The molecule has 1 amide bonds. The van der Waals surface area contributed by atoms with Gasteiger partial charge in [-0.2, -0.15) is 5.26 Å². The molecule has 134 valence electrons. The molecular weight excluding hydrogens is 336 g/mol. The summed E-state index contributed by atoms with van der Waals surface area (Å²) in [5, 5.41) is 13.1.